The second kappa shape index (κ2) is 11.7. The maximum absolute atomic E-state index is 12.5. The summed E-state index contributed by atoms with van der Waals surface area (Å²) in [5, 5.41) is 6.54. The number of nitrogens with one attached hydrogen (secondary N) is 2. The van der Waals surface area contributed by atoms with Crippen molar-refractivity contribution in [3.8, 4) is 17.2 Å². The van der Waals surface area contributed by atoms with Gasteiger partial charge in [0, 0.05) is 11.3 Å². The predicted molar refractivity (Wildman–Crippen MR) is 136 cm³/mol. The molecule has 0 aliphatic rings. The molecule has 0 spiro atoms. The van der Waals surface area contributed by atoms with Crippen LogP contribution in [0.2, 0.25) is 0 Å². The highest BCUT2D eigenvalue weighted by molar-refractivity contribution is 6.39. The van der Waals surface area contributed by atoms with Crippen molar-refractivity contribution in [2.75, 3.05) is 19.5 Å². The minimum absolute atomic E-state index is 0.207. The molecule has 2 amide bonds. The van der Waals surface area contributed by atoms with Gasteiger partial charge in [0.2, 0.25) is 0 Å². The second-order valence-electron chi connectivity index (χ2n) is 7.88. The molecule has 0 aliphatic carbocycles. The van der Waals surface area contributed by atoms with Crippen LogP contribution in [0.4, 0.5) is 5.69 Å². The van der Waals surface area contributed by atoms with Crippen molar-refractivity contribution >= 4 is 29.2 Å². The number of aryl methyl sites for hydroxylation is 2. The number of benzene rings is 3. The van der Waals surface area contributed by atoms with E-state index in [1.54, 1.807) is 61.5 Å². The minimum Gasteiger partial charge on any atom is -0.497 e. The molecular weight excluding hydrogens is 462 g/mol. The summed E-state index contributed by atoms with van der Waals surface area (Å²) < 4.78 is 16.0. The molecule has 186 valence electrons. The van der Waals surface area contributed by atoms with Gasteiger partial charge in [-0.15, -0.1) is 0 Å². The van der Waals surface area contributed by atoms with Gasteiger partial charge in [-0.05, 0) is 80.4 Å². The summed E-state index contributed by atoms with van der Waals surface area (Å²) in [4.78, 5) is 36.9. The van der Waals surface area contributed by atoms with Gasteiger partial charge in [0.15, 0.2) is 11.5 Å². The van der Waals surface area contributed by atoms with Gasteiger partial charge in [-0.3, -0.25) is 9.59 Å². The van der Waals surface area contributed by atoms with Crippen LogP contribution >= 0.6 is 0 Å². The molecule has 0 bridgehead atoms. The number of methoxy groups -OCH3 is 2. The molecular formula is C27H27N3O6. The van der Waals surface area contributed by atoms with E-state index in [2.05, 4.69) is 15.8 Å². The zero-order valence-electron chi connectivity index (χ0n) is 20.7. The highest BCUT2D eigenvalue weighted by Crippen LogP contribution is 2.29. The Bertz CT molecular complexity index is 1330. The summed E-state index contributed by atoms with van der Waals surface area (Å²) in [5.41, 5.74) is 6.15. The molecule has 0 fully saturated rings. The van der Waals surface area contributed by atoms with Crippen LogP contribution in [-0.2, 0) is 9.59 Å². The zero-order valence-corrected chi connectivity index (χ0v) is 20.7. The third-order valence-corrected chi connectivity index (χ3v) is 5.39. The van der Waals surface area contributed by atoms with E-state index in [1.807, 2.05) is 19.9 Å². The lowest BCUT2D eigenvalue weighted by Gasteiger charge is -2.11. The topological polar surface area (TPSA) is 115 Å². The molecule has 9 heteroatoms. The lowest BCUT2D eigenvalue weighted by Crippen LogP contribution is -2.33. The van der Waals surface area contributed by atoms with E-state index in [0.717, 1.165) is 11.1 Å². The van der Waals surface area contributed by atoms with Crippen LogP contribution in [0.5, 0.6) is 17.2 Å². The lowest BCUT2D eigenvalue weighted by molar-refractivity contribution is -0.136. The van der Waals surface area contributed by atoms with Gasteiger partial charge in [0.05, 0.1) is 25.5 Å². The minimum atomic E-state index is -0.914. The number of anilines is 1. The van der Waals surface area contributed by atoms with E-state index in [4.69, 9.17) is 14.2 Å². The maximum atomic E-state index is 12.5. The standard InChI is InChI=1S/C27H27N3O6/c1-16-9-11-21(13-17(16)2)28-25(31)26(32)30-29-18(3)19-10-12-23(24(15-19)35-5)36-27(33)20-7-6-8-22(14-20)34-4/h6-15H,1-5H3,(H,28,31)(H,30,32)/b29-18+. The van der Waals surface area contributed by atoms with Crippen LogP contribution in [0, 0.1) is 13.8 Å². The van der Waals surface area contributed by atoms with Gasteiger partial charge in [-0.1, -0.05) is 12.1 Å². The van der Waals surface area contributed by atoms with Crippen LogP contribution in [0.3, 0.4) is 0 Å². The number of hydrogen-bond acceptors (Lipinski definition) is 7. The van der Waals surface area contributed by atoms with Crippen LogP contribution in [0.25, 0.3) is 0 Å². The Morgan fingerprint density at radius 2 is 1.56 bits per heavy atom. The Hall–Kier alpha value is -4.66. The number of carbonyl (C=O) groups is 3. The normalized spacial score (nSPS) is 10.9. The van der Waals surface area contributed by atoms with Crippen LogP contribution in [-0.4, -0.2) is 37.7 Å². The molecule has 0 heterocycles. The molecule has 0 atom stereocenters. The smallest absolute Gasteiger partial charge is 0.343 e. The fourth-order valence-corrected chi connectivity index (χ4v) is 3.14. The van der Waals surface area contributed by atoms with Gasteiger partial charge >= 0.3 is 17.8 Å². The SMILES string of the molecule is COc1cccc(C(=O)Oc2ccc(/C(C)=N/NC(=O)C(=O)Nc3ccc(C)c(C)c3)cc2OC)c1. The number of rotatable bonds is 7. The van der Waals surface area contributed by atoms with E-state index in [1.165, 1.54) is 14.2 Å². The summed E-state index contributed by atoms with van der Waals surface area (Å²) in [7, 11) is 2.95. The van der Waals surface area contributed by atoms with E-state index in [-0.39, 0.29) is 11.5 Å². The fourth-order valence-electron chi connectivity index (χ4n) is 3.14. The second-order valence-corrected chi connectivity index (χ2v) is 7.88. The van der Waals surface area contributed by atoms with Crippen LogP contribution in [0.15, 0.2) is 65.8 Å². The quantitative estimate of drug-likeness (QED) is 0.170. The van der Waals surface area contributed by atoms with Gasteiger partial charge in [0.25, 0.3) is 0 Å². The summed E-state index contributed by atoms with van der Waals surface area (Å²) in [5.74, 6) is -1.30. The van der Waals surface area contributed by atoms with Gasteiger partial charge in [0.1, 0.15) is 5.75 Å². The number of hydrogen-bond donors (Lipinski definition) is 2. The van der Waals surface area contributed by atoms with Crippen molar-refractivity contribution in [1.82, 2.24) is 5.43 Å². The van der Waals surface area contributed by atoms with Crippen molar-refractivity contribution < 1.29 is 28.6 Å². The molecule has 9 nitrogen and oxygen atoms in total. The number of esters is 1. The number of amides is 2. The first-order chi connectivity index (χ1) is 17.2. The molecule has 0 unspecified atom stereocenters. The maximum Gasteiger partial charge on any atom is 0.343 e. The molecule has 3 rings (SSSR count). The van der Waals surface area contributed by atoms with Crippen LogP contribution < -0.4 is 25.0 Å². The molecule has 3 aromatic carbocycles. The largest absolute Gasteiger partial charge is 0.497 e. The predicted octanol–water partition coefficient (Wildman–Crippen LogP) is 4.02. The van der Waals surface area contributed by atoms with E-state index < -0.39 is 17.8 Å². The Balaban J connectivity index is 1.67. The number of nitrogens with zero attached hydrogens (tertiary/aromatic N) is 1. The van der Waals surface area contributed by atoms with E-state index in [9.17, 15) is 14.4 Å². The van der Waals surface area contributed by atoms with Crippen molar-refractivity contribution in [1.29, 1.82) is 0 Å². The summed E-state index contributed by atoms with van der Waals surface area (Å²) in [6, 6.07) is 16.8. The highest BCUT2D eigenvalue weighted by Gasteiger charge is 2.16. The summed E-state index contributed by atoms with van der Waals surface area (Å²) in [6.07, 6.45) is 0. The van der Waals surface area contributed by atoms with Crippen LogP contribution in [0.1, 0.15) is 34.0 Å². The van der Waals surface area contributed by atoms with Gasteiger partial charge in [-0.2, -0.15) is 5.10 Å². The van der Waals surface area contributed by atoms with Gasteiger partial charge < -0.3 is 19.5 Å². The van der Waals surface area contributed by atoms with Crippen molar-refractivity contribution in [2.45, 2.75) is 20.8 Å². The summed E-state index contributed by atoms with van der Waals surface area (Å²) >= 11 is 0. The third-order valence-electron chi connectivity index (χ3n) is 5.39. The molecule has 0 aromatic heterocycles. The first-order valence-corrected chi connectivity index (χ1v) is 11.0. The Kier molecular flexibility index (Phi) is 8.40. The molecule has 0 saturated carbocycles. The number of ether oxygens (including phenoxy) is 3. The zero-order chi connectivity index (χ0) is 26.2. The molecule has 0 radical (unpaired) electrons. The average molecular weight is 490 g/mol. The van der Waals surface area contributed by atoms with Gasteiger partial charge in [-0.25, -0.2) is 10.2 Å². The first kappa shape index (κ1) is 26.0. The van der Waals surface area contributed by atoms with Crippen molar-refractivity contribution in [3.05, 3.63) is 82.9 Å². The molecule has 2 N–H and O–H groups in total. The Morgan fingerprint density at radius 1 is 0.778 bits per heavy atom. The number of hydrazone groups is 1. The monoisotopic (exact) mass is 489 g/mol. The van der Waals surface area contributed by atoms with Crippen molar-refractivity contribution in [2.24, 2.45) is 5.10 Å². The fraction of sp³-hybridized carbons (Fsp3) is 0.185. The summed E-state index contributed by atoms with van der Waals surface area (Å²) in [6.45, 7) is 5.52. The molecule has 0 aliphatic heterocycles. The molecule has 36 heavy (non-hydrogen) atoms. The third kappa shape index (κ3) is 6.47. The first-order valence-electron chi connectivity index (χ1n) is 11.0. The van der Waals surface area contributed by atoms with Crippen molar-refractivity contribution in [3.63, 3.8) is 0 Å². The Labute approximate surface area is 209 Å². The van der Waals surface area contributed by atoms with E-state index >= 15 is 0 Å². The molecule has 3 aromatic rings. The average Bonchev–Trinajstić information content (AvgIpc) is 2.89. The van der Waals surface area contributed by atoms with E-state index in [0.29, 0.717) is 28.3 Å². The lowest BCUT2D eigenvalue weighted by atomic mass is 10.1. The molecule has 0 saturated heterocycles. The highest BCUT2D eigenvalue weighted by atomic mass is 16.6. The Morgan fingerprint density at radius 3 is 2.25 bits per heavy atom. The number of carbonyl (C=O) groups excluding carboxylic acids is 3.